The van der Waals surface area contributed by atoms with Crippen molar-refractivity contribution in [1.82, 2.24) is 0 Å². The van der Waals surface area contributed by atoms with E-state index in [4.69, 9.17) is 27.3 Å². The van der Waals surface area contributed by atoms with Gasteiger partial charge >= 0.3 is 0 Å². The number of hydrogen-bond donors (Lipinski definition) is 0. The predicted molar refractivity (Wildman–Crippen MR) is 91.7 cm³/mol. The molecular formula is C16H22ClNO2Si. The molecule has 3 nitrogen and oxygen atoms in total. The molecule has 0 saturated carbocycles. The summed E-state index contributed by atoms with van der Waals surface area (Å²) in [4.78, 5) is 4.93. The lowest BCUT2D eigenvalue weighted by molar-refractivity contribution is 0.181. The molecule has 0 unspecified atom stereocenters. The minimum absolute atomic E-state index is 0.101. The van der Waals surface area contributed by atoms with Gasteiger partial charge in [0, 0.05) is 10.6 Å². The van der Waals surface area contributed by atoms with Crippen molar-refractivity contribution >= 4 is 26.1 Å². The third-order valence-electron chi connectivity index (χ3n) is 3.56. The SMILES string of the molecule is C#CCON=Cc1ccc(Cl)cc1O[Si](C)(C)C(C)(C)C. The first kappa shape index (κ1) is 17.6. The second kappa shape index (κ2) is 7.01. The predicted octanol–water partition coefficient (Wildman–Crippen LogP) is 4.71. The summed E-state index contributed by atoms with van der Waals surface area (Å²) in [7, 11) is -1.95. The highest BCUT2D eigenvalue weighted by Crippen LogP contribution is 2.38. The molecule has 0 amide bonds. The first-order valence-corrected chi connectivity index (χ1v) is 10.0. The summed E-state index contributed by atoms with van der Waals surface area (Å²) in [5, 5.41) is 4.57. The van der Waals surface area contributed by atoms with Crippen LogP contribution in [0.2, 0.25) is 23.2 Å². The number of halogens is 1. The average molecular weight is 324 g/mol. The molecule has 1 rings (SSSR count). The van der Waals surface area contributed by atoms with Crippen LogP contribution in [-0.4, -0.2) is 21.1 Å². The Bertz CT molecular complexity index is 556. The number of hydrogen-bond acceptors (Lipinski definition) is 3. The van der Waals surface area contributed by atoms with Crippen molar-refractivity contribution in [3.63, 3.8) is 0 Å². The summed E-state index contributed by atoms with van der Waals surface area (Å²) in [5.74, 6) is 3.08. The van der Waals surface area contributed by atoms with Crippen molar-refractivity contribution in [3.05, 3.63) is 28.8 Å². The molecule has 0 N–H and O–H groups in total. The van der Waals surface area contributed by atoms with Crippen molar-refractivity contribution < 1.29 is 9.26 Å². The molecule has 114 valence electrons. The van der Waals surface area contributed by atoms with E-state index in [2.05, 4.69) is 44.9 Å². The van der Waals surface area contributed by atoms with E-state index in [9.17, 15) is 0 Å². The normalized spacial score (nSPS) is 12.2. The Labute approximate surface area is 133 Å². The fourth-order valence-corrected chi connectivity index (χ4v) is 2.49. The molecular weight excluding hydrogens is 302 g/mol. The van der Waals surface area contributed by atoms with Gasteiger partial charge in [0.1, 0.15) is 5.75 Å². The Balaban J connectivity index is 3.03. The fraction of sp³-hybridized carbons (Fsp3) is 0.438. The van der Waals surface area contributed by atoms with Crippen LogP contribution in [0.4, 0.5) is 0 Å². The lowest BCUT2D eigenvalue weighted by Gasteiger charge is -2.36. The van der Waals surface area contributed by atoms with Crippen LogP contribution in [0.1, 0.15) is 26.3 Å². The highest BCUT2D eigenvalue weighted by Gasteiger charge is 2.39. The van der Waals surface area contributed by atoms with E-state index >= 15 is 0 Å². The van der Waals surface area contributed by atoms with E-state index in [1.54, 1.807) is 12.3 Å². The largest absolute Gasteiger partial charge is 0.543 e. The van der Waals surface area contributed by atoms with Crippen molar-refractivity contribution in [2.75, 3.05) is 6.61 Å². The number of oxime groups is 1. The van der Waals surface area contributed by atoms with Crippen molar-refractivity contribution in [2.45, 2.75) is 38.9 Å². The Kier molecular flexibility index (Phi) is 5.88. The first-order chi connectivity index (χ1) is 9.67. The summed E-state index contributed by atoms with van der Waals surface area (Å²) in [6.45, 7) is 11.1. The van der Waals surface area contributed by atoms with Crippen LogP contribution in [-0.2, 0) is 4.84 Å². The van der Waals surface area contributed by atoms with E-state index in [1.807, 2.05) is 12.1 Å². The van der Waals surface area contributed by atoms with Crippen LogP contribution >= 0.6 is 11.6 Å². The van der Waals surface area contributed by atoms with Gasteiger partial charge in [0.2, 0.25) is 0 Å². The summed E-state index contributed by atoms with van der Waals surface area (Å²) in [6.07, 6.45) is 6.70. The zero-order chi connectivity index (χ0) is 16.1. The average Bonchev–Trinajstić information content (AvgIpc) is 2.35. The van der Waals surface area contributed by atoms with Gasteiger partial charge in [-0.15, -0.1) is 6.42 Å². The van der Waals surface area contributed by atoms with Gasteiger partial charge in [-0.3, -0.25) is 0 Å². The lowest BCUT2D eigenvalue weighted by Crippen LogP contribution is -2.44. The van der Waals surface area contributed by atoms with Crippen LogP contribution in [0, 0.1) is 12.3 Å². The highest BCUT2D eigenvalue weighted by molar-refractivity contribution is 6.74. The van der Waals surface area contributed by atoms with E-state index in [1.165, 1.54) is 0 Å². The molecule has 0 fully saturated rings. The molecule has 0 atom stereocenters. The van der Waals surface area contributed by atoms with Crippen molar-refractivity contribution in [3.8, 4) is 18.1 Å². The molecule has 0 bridgehead atoms. The van der Waals surface area contributed by atoms with E-state index in [0.717, 1.165) is 11.3 Å². The van der Waals surface area contributed by atoms with Crippen molar-refractivity contribution in [1.29, 1.82) is 0 Å². The number of terminal acetylenes is 1. The van der Waals surface area contributed by atoms with Gasteiger partial charge in [-0.25, -0.2) is 0 Å². The van der Waals surface area contributed by atoms with Crippen LogP contribution < -0.4 is 4.43 Å². The summed E-state index contributed by atoms with van der Waals surface area (Å²) in [6, 6.07) is 5.46. The van der Waals surface area contributed by atoms with E-state index < -0.39 is 8.32 Å². The van der Waals surface area contributed by atoms with Crippen molar-refractivity contribution in [2.24, 2.45) is 5.16 Å². The molecule has 0 heterocycles. The van der Waals surface area contributed by atoms with Crippen LogP contribution in [0.25, 0.3) is 0 Å². The van der Waals surface area contributed by atoms with Gasteiger partial charge in [-0.05, 0) is 36.3 Å². The van der Waals surface area contributed by atoms with Crippen LogP contribution in [0.15, 0.2) is 23.4 Å². The molecule has 21 heavy (non-hydrogen) atoms. The molecule has 1 aromatic carbocycles. The molecule has 5 heteroatoms. The third-order valence-corrected chi connectivity index (χ3v) is 8.14. The second-order valence-corrected chi connectivity index (χ2v) is 11.4. The van der Waals surface area contributed by atoms with E-state index in [0.29, 0.717) is 5.02 Å². The molecule has 0 radical (unpaired) electrons. The Morgan fingerprint density at radius 1 is 1.38 bits per heavy atom. The monoisotopic (exact) mass is 323 g/mol. The second-order valence-electron chi connectivity index (χ2n) is 6.26. The fourth-order valence-electron chi connectivity index (χ4n) is 1.30. The van der Waals surface area contributed by atoms with Gasteiger partial charge in [-0.1, -0.05) is 43.4 Å². The number of benzene rings is 1. The Hall–Kier alpha value is -1.44. The van der Waals surface area contributed by atoms with Crippen LogP contribution in [0.5, 0.6) is 5.75 Å². The molecule has 0 saturated heterocycles. The number of rotatable bonds is 5. The maximum atomic E-state index is 6.30. The lowest BCUT2D eigenvalue weighted by atomic mass is 10.2. The first-order valence-electron chi connectivity index (χ1n) is 6.75. The third kappa shape index (κ3) is 5.11. The minimum Gasteiger partial charge on any atom is -0.543 e. The standard InChI is InChI=1S/C16H22ClNO2Si/c1-7-10-19-18-12-13-8-9-14(17)11-15(13)20-21(5,6)16(2,3)4/h1,8-9,11-12H,10H2,2-6H3. The van der Waals surface area contributed by atoms with Gasteiger partial charge in [0.05, 0.1) is 6.21 Å². The summed E-state index contributed by atoms with van der Waals surface area (Å²) in [5.41, 5.74) is 0.821. The smallest absolute Gasteiger partial charge is 0.250 e. The topological polar surface area (TPSA) is 30.8 Å². The summed E-state index contributed by atoms with van der Waals surface area (Å²) >= 11 is 6.08. The summed E-state index contributed by atoms with van der Waals surface area (Å²) < 4.78 is 6.30. The van der Waals surface area contributed by atoms with Crippen LogP contribution in [0.3, 0.4) is 0 Å². The molecule has 0 aromatic heterocycles. The zero-order valence-corrected chi connectivity index (χ0v) is 15.0. The molecule has 0 aliphatic carbocycles. The van der Waals surface area contributed by atoms with Gasteiger partial charge in [-0.2, -0.15) is 0 Å². The maximum absolute atomic E-state index is 6.30. The minimum atomic E-state index is -1.95. The van der Waals surface area contributed by atoms with Gasteiger partial charge in [0.25, 0.3) is 8.32 Å². The van der Waals surface area contributed by atoms with Gasteiger partial charge < -0.3 is 9.26 Å². The number of nitrogens with zero attached hydrogens (tertiary/aromatic N) is 1. The molecule has 1 aromatic rings. The molecule has 0 spiro atoms. The van der Waals surface area contributed by atoms with E-state index in [-0.39, 0.29) is 11.6 Å². The molecule has 0 aliphatic rings. The molecule has 0 aliphatic heterocycles. The zero-order valence-electron chi connectivity index (χ0n) is 13.2. The highest BCUT2D eigenvalue weighted by atomic mass is 35.5. The Morgan fingerprint density at radius 2 is 2.05 bits per heavy atom. The Morgan fingerprint density at radius 3 is 2.62 bits per heavy atom. The maximum Gasteiger partial charge on any atom is 0.250 e. The quantitative estimate of drug-likeness (QED) is 0.258. The van der Waals surface area contributed by atoms with Gasteiger partial charge in [0.15, 0.2) is 6.61 Å².